The molecule has 36 heavy (non-hydrogen) atoms. The quantitative estimate of drug-likeness (QED) is 0.237. The largest absolute Gasteiger partial charge is 0.477 e. The molecule has 1 N–H and O–H groups in total. The van der Waals surface area contributed by atoms with Crippen LogP contribution in [0.4, 0.5) is 11.6 Å². The van der Waals surface area contributed by atoms with Gasteiger partial charge in [-0.05, 0) is 18.1 Å². The SMILES string of the molecule is C=CC(=O)N1C[C@@H](COc2nc(Nc3cnn(C)c3)nc3c2ccn3COCC[Si-](C)(C)C)[C@H](C)C1. The number of likely N-dealkylation sites (tertiary alicyclic amines) is 1. The fourth-order valence-corrected chi connectivity index (χ4v) is 4.97. The molecule has 195 valence electrons. The van der Waals surface area contributed by atoms with Gasteiger partial charge in [0.2, 0.25) is 17.7 Å². The van der Waals surface area contributed by atoms with Gasteiger partial charge in [0.05, 0.1) is 23.9 Å². The van der Waals surface area contributed by atoms with Gasteiger partial charge in [0, 0.05) is 45.1 Å². The number of hydrogen-bond acceptors (Lipinski definition) is 7. The molecular formula is C25H37N7O3Si-. The van der Waals surface area contributed by atoms with Crippen molar-refractivity contribution in [2.45, 2.75) is 39.3 Å². The van der Waals surface area contributed by atoms with Gasteiger partial charge < -0.3 is 24.3 Å². The summed E-state index contributed by atoms with van der Waals surface area (Å²) < 4.78 is 15.9. The summed E-state index contributed by atoms with van der Waals surface area (Å²) in [5.74, 6) is 1.43. The van der Waals surface area contributed by atoms with Crippen LogP contribution in [0.1, 0.15) is 6.92 Å². The summed E-state index contributed by atoms with van der Waals surface area (Å²) in [6.07, 6.45) is 6.90. The molecule has 10 nitrogen and oxygen atoms in total. The van der Waals surface area contributed by atoms with E-state index in [9.17, 15) is 4.79 Å². The first kappa shape index (κ1) is 25.9. The number of nitrogens with one attached hydrogen (secondary N) is 1. The van der Waals surface area contributed by atoms with Crippen LogP contribution in [0.15, 0.2) is 37.3 Å². The fourth-order valence-electron chi connectivity index (χ4n) is 4.21. The molecule has 4 rings (SSSR count). The zero-order chi connectivity index (χ0) is 25.9. The molecular weight excluding hydrogens is 474 g/mol. The van der Waals surface area contributed by atoms with Gasteiger partial charge in [-0.3, -0.25) is 9.48 Å². The van der Waals surface area contributed by atoms with E-state index >= 15 is 0 Å². The average Bonchev–Trinajstić information content (AvgIpc) is 3.52. The second-order valence-electron chi connectivity index (χ2n) is 10.7. The second-order valence-corrected chi connectivity index (χ2v) is 16.4. The van der Waals surface area contributed by atoms with Crippen molar-refractivity contribution in [2.24, 2.45) is 18.9 Å². The maximum Gasteiger partial charge on any atom is 0.245 e. The molecule has 1 saturated heterocycles. The normalized spacial score (nSPS) is 18.1. The maximum atomic E-state index is 12.1. The lowest BCUT2D eigenvalue weighted by atomic mass is 9.99. The van der Waals surface area contributed by atoms with E-state index in [4.69, 9.17) is 14.5 Å². The molecule has 1 aliphatic rings. The molecule has 1 fully saturated rings. The number of carbonyl (C=O) groups excluding carboxylic acids is 1. The monoisotopic (exact) mass is 511 g/mol. The molecule has 3 aromatic heterocycles. The highest BCUT2D eigenvalue weighted by Crippen LogP contribution is 2.29. The zero-order valence-corrected chi connectivity index (χ0v) is 22.9. The van der Waals surface area contributed by atoms with Crippen LogP contribution in [-0.2, 0) is 23.3 Å². The van der Waals surface area contributed by atoms with E-state index in [0.717, 1.165) is 29.4 Å². The Morgan fingerprint density at radius 2 is 2.11 bits per heavy atom. The second kappa shape index (κ2) is 10.8. The Hall–Kier alpha value is -3.18. The Labute approximate surface area is 213 Å². The fraction of sp³-hybridized carbons (Fsp3) is 0.520. The highest BCUT2D eigenvalue weighted by molar-refractivity contribution is 6.76. The van der Waals surface area contributed by atoms with Crippen molar-refractivity contribution in [2.75, 3.05) is 31.6 Å². The van der Waals surface area contributed by atoms with Crippen LogP contribution in [0.3, 0.4) is 0 Å². The third kappa shape index (κ3) is 6.32. The number of amides is 1. The Morgan fingerprint density at radius 1 is 1.31 bits per heavy atom. The Balaban J connectivity index is 1.54. The van der Waals surface area contributed by atoms with Crippen molar-refractivity contribution in [3.8, 4) is 5.88 Å². The molecule has 0 aromatic carbocycles. The van der Waals surface area contributed by atoms with Crippen molar-refractivity contribution in [3.05, 3.63) is 37.3 Å². The molecule has 2 atom stereocenters. The predicted octanol–water partition coefficient (Wildman–Crippen LogP) is 3.88. The van der Waals surface area contributed by atoms with Gasteiger partial charge in [-0.1, -0.05) is 13.5 Å². The van der Waals surface area contributed by atoms with Crippen LogP contribution in [-0.4, -0.2) is 69.5 Å². The van der Waals surface area contributed by atoms with E-state index in [1.54, 1.807) is 10.9 Å². The molecule has 1 amide bonds. The van der Waals surface area contributed by atoms with Crippen molar-refractivity contribution < 1.29 is 14.3 Å². The lowest BCUT2D eigenvalue weighted by molar-refractivity contribution is -0.125. The number of ether oxygens (including phenoxy) is 2. The smallest absolute Gasteiger partial charge is 0.245 e. The maximum absolute atomic E-state index is 12.1. The van der Waals surface area contributed by atoms with E-state index in [1.807, 2.05) is 35.0 Å². The van der Waals surface area contributed by atoms with E-state index in [2.05, 4.69) is 48.5 Å². The lowest BCUT2D eigenvalue weighted by Crippen LogP contribution is -2.27. The van der Waals surface area contributed by atoms with E-state index < -0.39 is 8.07 Å². The minimum Gasteiger partial charge on any atom is -0.477 e. The van der Waals surface area contributed by atoms with Crippen molar-refractivity contribution in [3.63, 3.8) is 0 Å². The van der Waals surface area contributed by atoms with Gasteiger partial charge in [0.25, 0.3) is 0 Å². The van der Waals surface area contributed by atoms with Gasteiger partial charge in [-0.25, -0.2) is 0 Å². The first-order valence-electron chi connectivity index (χ1n) is 12.4. The topological polar surface area (TPSA) is 99.3 Å². The summed E-state index contributed by atoms with van der Waals surface area (Å²) in [6.45, 7) is 15.7. The van der Waals surface area contributed by atoms with Crippen molar-refractivity contribution in [1.29, 1.82) is 0 Å². The van der Waals surface area contributed by atoms with Crippen LogP contribution < -0.4 is 10.1 Å². The van der Waals surface area contributed by atoms with Crippen molar-refractivity contribution in [1.82, 2.24) is 29.2 Å². The summed E-state index contributed by atoms with van der Waals surface area (Å²) in [4.78, 5) is 23.3. The highest BCUT2D eigenvalue weighted by Gasteiger charge is 2.32. The molecule has 0 radical (unpaired) electrons. The Morgan fingerprint density at radius 3 is 2.81 bits per heavy atom. The van der Waals surface area contributed by atoms with E-state index in [0.29, 0.717) is 44.2 Å². The molecule has 0 saturated carbocycles. The van der Waals surface area contributed by atoms with Crippen LogP contribution in [0.5, 0.6) is 5.88 Å². The van der Waals surface area contributed by atoms with Crippen molar-refractivity contribution >= 4 is 36.7 Å². The van der Waals surface area contributed by atoms with E-state index in [1.165, 1.54) is 6.08 Å². The minimum atomic E-state index is -1.16. The number of aromatic nitrogens is 5. The number of rotatable bonds is 11. The summed E-state index contributed by atoms with van der Waals surface area (Å²) in [5, 5.41) is 8.26. The minimum absolute atomic E-state index is 0.0389. The zero-order valence-electron chi connectivity index (χ0n) is 21.9. The first-order valence-corrected chi connectivity index (χ1v) is 16.1. The van der Waals surface area contributed by atoms with Gasteiger partial charge in [-0.15, -0.1) is 14.1 Å². The van der Waals surface area contributed by atoms with Gasteiger partial charge in [0.1, 0.15) is 6.73 Å². The Kier molecular flexibility index (Phi) is 7.79. The third-order valence-electron chi connectivity index (χ3n) is 6.46. The van der Waals surface area contributed by atoms with Crippen LogP contribution >= 0.6 is 0 Å². The van der Waals surface area contributed by atoms with Crippen LogP contribution in [0, 0.1) is 11.8 Å². The Bertz CT molecular complexity index is 1220. The molecule has 11 heteroatoms. The van der Waals surface area contributed by atoms with Gasteiger partial charge in [-0.2, -0.15) is 34.7 Å². The molecule has 3 aromatic rings. The summed E-state index contributed by atoms with van der Waals surface area (Å²) >= 11 is 0. The van der Waals surface area contributed by atoms with Crippen LogP contribution in [0.25, 0.3) is 11.0 Å². The summed E-state index contributed by atoms with van der Waals surface area (Å²) in [7, 11) is 0.693. The first-order chi connectivity index (χ1) is 17.1. The predicted molar refractivity (Wildman–Crippen MR) is 143 cm³/mol. The molecule has 0 unspecified atom stereocenters. The number of nitrogens with zero attached hydrogens (tertiary/aromatic N) is 6. The number of hydrogen-bond donors (Lipinski definition) is 1. The number of anilines is 2. The highest BCUT2D eigenvalue weighted by atomic mass is 28.3. The molecule has 4 heterocycles. The van der Waals surface area contributed by atoms with E-state index in [-0.39, 0.29) is 11.8 Å². The average molecular weight is 512 g/mol. The number of fused-ring (bicyclic) bond motifs is 1. The molecule has 1 aliphatic heterocycles. The third-order valence-corrected chi connectivity index (χ3v) is 8.16. The molecule has 0 aliphatic carbocycles. The van der Waals surface area contributed by atoms with Crippen LogP contribution in [0.2, 0.25) is 25.7 Å². The standard InChI is InChI=1S/C25H37N7O3Si/c1-7-22(33)32-13-18(2)19(14-32)16-35-24-21-8-9-31(17-34-10-11-36(4,5)6)23(21)28-25(29-24)27-20-12-26-30(3)15-20/h7-9,12,15,18-19H,1,10-11,13-14,16-17H2,2-6H3,(H,27,28,29)/q-1/t18-,19+/m1/s1. The summed E-state index contributed by atoms with van der Waals surface area (Å²) in [6, 6.07) is 3.07. The molecule has 0 spiro atoms. The summed E-state index contributed by atoms with van der Waals surface area (Å²) in [5.41, 5.74) is 1.53. The number of carbonyl (C=O) groups is 1. The lowest BCUT2D eigenvalue weighted by Gasteiger charge is -2.26. The van der Waals surface area contributed by atoms with Gasteiger partial charge in [0.15, 0.2) is 5.65 Å². The van der Waals surface area contributed by atoms with Gasteiger partial charge >= 0.3 is 0 Å². The number of aryl methyl sites for hydroxylation is 1. The molecule has 0 bridgehead atoms.